The Bertz CT molecular complexity index is 556. The van der Waals surface area contributed by atoms with Crippen LogP contribution in [0.3, 0.4) is 0 Å². The molecule has 1 aliphatic heterocycles. The second-order valence-corrected chi connectivity index (χ2v) is 4.83. The molecule has 2 rings (SSSR count). The van der Waals surface area contributed by atoms with Gasteiger partial charge in [0.2, 0.25) is 0 Å². The van der Waals surface area contributed by atoms with Gasteiger partial charge in [-0.15, -0.1) is 0 Å². The highest BCUT2D eigenvalue weighted by molar-refractivity contribution is 7.80. The lowest BCUT2D eigenvalue weighted by Crippen LogP contribution is -2.40. The molecule has 0 aromatic heterocycles. The maximum absolute atomic E-state index is 12.2. The molecule has 1 saturated heterocycles. The SMILES string of the molecule is CC1(C)NC(=S)N(c2ccccc2[N+](=O)[O-])C1=O. The van der Waals surface area contributed by atoms with Crippen LogP contribution in [-0.4, -0.2) is 21.5 Å². The molecule has 0 aliphatic carbocycles. The van der Waals surface area contributed by atoms with Crippen LogP contribution in [0.25, 0.3) is 0 Å². The first-order valence-electron chi connectivity index (χ1n) is 5.25. The number of nitro groups is 1. The lowest BCUT2D eigenvalue weighted by Gasteiger charge is -2.16. The zero-order valence-corrected chi connectivity index (χ0v) is 10.7. The number of benzene rings is 1. The molecule has 7 heteroatoms. The van der Waals surface area contributed by atoms with Crippen molar-refractivity contribution in [3.05, 3.63) is 34.4 Å². The third kappa shape index (κ3) is 1.82. The highest BCUT2D eigenvalue weighted by atomic mass is 32.1. The summed E-state index contributed by atoms with van der Waals surface area (Å²) in [4.78, 5) is 23.8. The van der Waals surface area contributed by atoms with E-state index in [-0.39, 0.29) is 22.4 Å². The molecule has 1 heterocycles. The number of para-hydroxylation sites is 2. The Kier molecular flexibility index (Phi) is 2.78. The van der Waals surface area contributed by atoms with E-state index < -0.39 is 10.5 Å². The van der Waals surface area contributed by atoms with E-state index in [1.54, 1.807) is 26.0 Å². The number of carbonyl (C=O) groups excluding carboxylic acids is 1. The molecule has 0 saturated carbocycles. The Morgan fingerprint density at radius 3 is 2.50 bits per heavy atom. The van der Waals surface area contributed by atoms with E-state index in [2.05, 4.69) is 5.32 Å². The van der Waals surface area contributed by atoms with Crippen molar-refractivity contribution >= 4 is 34.6 Å². The van der Waals surface area contributed by atoms with Gasteiger partial charge in [-0.05, 0) is 32.1 Å². The summed E-state index contributed by atoms with van der Waals surface area (Å²) in [5.41, 5.74) is -0.802. The average molecular weight is 265 g/mol. The predicted molar refractivity (Wildman–Crippen MR) is 70.4 cm³/mol. The zero-order valence-electron chi connectivity index (χ0n) is 9.84. The summed E-state index contributed by atoms with van der Waals surface area (Å²) in [6, 6.07) is 6.02. The van der Waals surface area contributed by atoms with Crippen molar-refractivity contribution in [3.63, 3.8) is 0 Å². The molecule has 0 unspecified atom stereocenters. The van der Waals surface area contributed by atoms with E-state index in [1.807, 2.05) is 0 Å². The number of nitrogens with one attached hydrogen (secondary N) is 1. The van der Waals surface area contributed by atoms with Gasteiger partial charge < -0.3 is 5.32 Å². The van der Waals surface area contributed by atoms with Crippen LogP contribution in [0, 0.1) is 10.1 Å². The van der Waals surface area contributed by atoms with Gasteiger partial charge in [0.25, 0.3) is 11.6 Å². The van der Waals surface area contributed by atoms with Crippen LogP contribution in [0.2, 0.25) is 0 Å². The number of nitrogens with zero attached hydrogens (tertiary/aromatic N) is 2. The Hall–Kier alpha value is -2.02. The van der Waals surface area contributed by atoms with Crippen LogP contribution in [0.5, 0.6) is 0 Å². The topological polar surface area (TPSA) is 75.5 Å². The smallest absolute Gasteiger partial charge is 0.293 e. The molecule has 18 heavy (non-hydrogen) atoms. The Balaban J connectivity index is 2.54. The van der Waals surface area contributed by atoms with Crippen molar-refractivity contribution in [3.8, 4) is 0 Å². The molecule has 94 valence electrons. The van der Waals surface area contributed by atoms with Crippen LogP contribution in [0.15, 0.2) is 24.3 Å². The van der Waals surface area contributed by atoms with Crippen LogP contribution in [0.1, 0.15) is 13.8 Å². The third-order valence-corrected chi connectivity index (χ3v) is 2.96. The van der Waals surface area contributed by atoms with Gasteiger partial charge >= 0.3 is 0 Å². The lowest BCUT2D eigenvalue weighted by molar-refractivity contribution is -0.384. The number of thiocarbonyl (C=S) groups is 1. The van der Waals surface area contributed by atoms with Crippen molar-refractivity contribution in [1.82, 2.24) is 5.32 Å². The molecule has 1 aromatic rings. The van der Waals surface area contributed by atoms with Gasteiger partial charge in [0.05, 0.1) is 4.92 Å². The molecule has 1 amide bonds. The third-order valence-electron chi connectivity index (χ3n) is 2.68. The maximum Gasteiger partial charge on any atom is 0.293 e. The predicted octanol–water partition coefficient (Wildman–Crippen LogP) is 1.59. The molecular weight excluding hydrogens is 254 g/mol. The van der Waals surface area contributed by atoms with Crippen molar-refractivity contribution in [2.24, 2.45) is 0 Å². The lowest BCUT2D eigenvalue weighted by atomic mass is 10.1. The van der Waals surface area contributed by atoms with Crippen LogP contribution in [0.4, 0.5) is 11.4 Å². The summed E-state index contributed by atoms with van der Waals surface area (Å²) < 4.78 is 0. The monoisotopic (exact) mass is 265 g/mol. The maximum atomic E-state index is 12.2. The van der Waals surface area contributed by atoms with Gasteiger partial charge in [0.15, 0.2) is 5.11 Å². The Morgan fingerprint density at radius 2 is 2.00 bits per heavy atom. The normalized spacial score (nSPS) is 17.8. The summed E-state index contributed by atoms with van der Waals surface area (Å²) in [6.45, 7) is 3.35. The van der Waals surface area contributed by atoms with Crippen LogP contribution >= 0.6 is 12.2 Å². The number of nitro benzene ring substituents is 1. The second kappa shape index (κ2) is 4.02. The van der Waals surface area contributed by atoms with Crippen molar-refractivity contribution in [2.45, 2.75) is 19.4 Å². The van der Waals surface area contributed by atoms with Crippen molar-refractivity contribution in [2.75, 3.05) is 4.90 Å². The number of hydrogen-bond donors (Lipinski definition) is 1. The molecule has 1 fully saturated rings. The quantitative estimate of drug-likeness (QED) is 0.499. The molecule has 0 radical (unpaired) electrons. The summed E-state index contributed by atoms with van der Waals surface area (Å²) in [7, 11) is 0. The summed E-state index contributed by atoms with van der Waals surface area (Å²) >= 11 is 5.07. The first kappa shape index (κ1) is 12.4. The number of anilines is 1. The van der Waals surface area contributed by atoms with E-state index >= 15 is 0 Å². The highest BCUT2D eigenvalue weighted by Crippen LogP contribution is 2.32. The van der Waals surface area contributed by atoms with Gasteiger partial charge in [-0.3, -0.25) is 14.9 Å². The molecule has 1 aromatic carbocycles. The van der Waals surface area contributed by atoms with Crippen molar-refractivity contribution in [1.29, 1.82) is 0 Å². The van der Waals surface area contributed by atoms with Crippen LogP contribution < -0.4 is 10.2 Å². The first-order chi connectivity index (χ1) is 8.34. The van der Waals surface area contributed by atoms with Gasteiger partial charge in [-0.2, -0.15) is 0 Å². The molecule has 0 bridgehead atoms. The standard InChI is InChI=1S/C11H11N3O3S/c1-11(2)9(15)13(10(18)12-11)7-5-3-4-6-8(7)14(16)17/h3-6H,1-2H3,(H,12,18). The Morgan fingerprint density at radius 1 is 1.39 bits per heavy atom. The minimum Gasteiger partial charge on any atom is -0.348 e. The van der Waals surface area contributed by atoms with Gasteiger partial charge in [0.1, 0.15) is 11.2 Å². The molecule has 6 nitrogen and oxygen atoms in total. The summed E-state index contributed by atoms with van der Waals surface area (Å²) in [5.74, 6) is -0.304. The molecule has 0 spiro atoms. The Labute approximate surface area is 109 Å². The van der Waals surface area contributed by atoms with Crippen molar-refractivity contribution < 1.29 is 9.72 Å². The van der Waals surface area contributed by atoms with Gasteiger partial charge in [0, 0.05) is 6.07 Å². The minimum absolute atomic E-state index is 0.146. The molecule has 1 aliphatic rings. The number of carbonyl (C=O) groups is 1. The second-order valence-electron chi connectivity index (χ2n) is 4.44. The van der Waals surface area contributed by atoms with E-state index in [9.17, 15) is 14.9 Å². The van der Waals surface area contributed by atoms with E-state index in [0.29, 0.717) is 0 Å². The summed E-state index contributed by atoms with van der Waals surface area (Å²) in [6.07, 6.45) is 0. The number of amides is 1. The fraction of sp³-hybridized carbons (Fsp3) is 0.273. The summed E-state index contributed by atoms with van der Waals surface area (Å²) in [5, 5.41) is 14.0. The van der Waals surface area contributed by atoms with Gasteiger partial charge in [-0.25, -0.2) is 4.90 Å². The molecule has 0 atom stereocenters. The molecule has 1 N–H and O–H groups in total. The fourth-order valence-electron chi connectivity index (χ4n) is 1.77. The van der Waals surface area contributed by atoms with E-state index in [0.717, 1.165) is 0 Å². The first-order valence-corrected chi connectivity index (χ1v) is 5.65. The van der Waals surface area contributed by atoms with Crippen LogP contribution in [-0.2, 0) is 4.79 Å². The average Bonchev–Trinajstić information content (AvgIpc) is 2.48. The number of hydrogen-bond acceptors (Lipinski definition) is 4. The van der Waals surface area contributed by atoms with Gasteiger partial charge in [-0.1, -0.05) is 12.1 Å². The minimum atomic E-state index is -0.846. The zero-order chi connectivity index (χ0) is 13.5. The molecular formula is C11H11N3O3S. The largest absolute Gasteiger partial charge is 0.348 e. The number of rotatable bonds is 2. The highest BCUT2D eigenvalue weighted by Gasteiger charge is 2.44. The van der Waals surface area contributed by atoms with E-state index in [1.165, 1.54) is 17.0 Å². The van der Waals surface area contributed by atoms with E-state index in [4.69, 9.17) is 12.2 Å². The fourth-order valence-corrected chi connectivity index (χ4v) is 2.21.